The first-order valence-electron chi connectivity index (χ1n) is 4.07. The first-order chi connectivity index (χ1) is 6.56. The average Bonchev–Trinajstić information content (AvgIpc) is 2.67. The third-order valence-electron chi connectivity index (χ3n) is 1.69. The van der Waals surface area contributed by atoms with Crippen molar-refractivity contribution in [3.63, 3.8) is 0 Å². The van der Waals surface area contributed by atoms with Crippen molar-refractivity contribution in [1.29, 1.82) is 0 Å². The molecule has 0 aliphatic heterocycles. The molecule has 0 bridgehead atoms. The van der Waals surface area contributed by atoms with Gasteiger partial charge < -0.3 is 14.5 Å². The Morgan fingerprint density at radius 3 is 2.79 bits per heavy atom. The maximum absolute atomic E-state index is 11.5. The molecule has 0 aliphatic rings. The number of ether oxygens (including phenoxy) is 2. The lowest BCUT2D eigenvalue weighted by Crippen LogP contribution is -2.17. The van der Waals surface area contributed by atoms with Crippen molar-refractivity contribution in [2.24, 2.45) is 0 Å². The van der Waals surface area contributed by atoms with Gasteiger partial charge in [-0.2, -0.15) is 0 Å². The van der Waals surface area contributed by atoms with E-state index in [1.165, 1.54) is 13.2 Å². The highest BCUT2D eigenvalue weighted by Gasteiger charge is 2.16. The van der Waals surface area contributed by atoms with Crippen molar-refractivity contribution in [3.05, 3.63) is 18.3 Å². The van der Waals surface area contributed by atoms with Crippen LogP contribution < -0.4 is 0 Å². The zero-order valence-electron chi connectivity index (χ0n) is 8.06. The minimum absolute atomic E-state index is 0.154. The molecular formula is C8H13NO4S. The summed E-state index contributed by atoms with van der Waals surface area (Å²) in [4.78, 5) is 2.61. The second-order valence-corrected chi connectivity index (χ2v) is 4.64. The van der Waals surface area contributed by atoms with Crippen LogP contribution in [0.5, 0.6) is 0 Å². The highest BCUT2D eigenvalue weighted by molar-refractivity contribution is 7.91. The summed E-state index contributed by atoms with van der Waals surface area (Å²) in [6.07, 6.45) is 1.02. The highest BCUT2D eigenvalue weighted by Crippen LogP contribution is 2.08. The lowest BCUT2D eigenvalue weighted by Gasteiger charge is -2.10. The van der Waals surface area contributed by atoms with Crippen LogP contribution in [0, 0.1) is 0 Å². The maximum Gasteiger partial charge on any atom is 0.217 e. The van der Waals surface area contributed by atoms with Crippen molar-refractivity contribution < 1.29 is 17.9 Å². The zero-order valence-corrected chi connectivity index (χ0v) is 8.87. The topological polar surface area (TPSA) is 68.4 Å². The van der Waals surface area contributed by atoms with Gasteiger partial charge >= 0.3 is 0 Å². The number of methoxy groups -OCH3 is 1. The van der Waals surface area contributed by atoms with E-state index in [4.69, 9.17) is 9.47 Å². The predicted octanol–water partition coefficient (Wildman–Crippen LogP) is 0.755. The predicted molar refractivity (Wildman–Crippen MR) is 50.4 cm³/mol. The van der Waals surface area contributed by atoms with E-state index < -0.39 is 16.1 Å². The van der Waals surface area contributed by atoms with Gasteiger partial charge in [-0.15, -0.1) is 0 Å². The van der Waals surface area contributed by atoms with Crippen molar-refractivity contribution in [1.82, 2.24) is 4.98 Å². The van der Waals surface area contributed by atoms with Crippen LogP contribution in [-0.4, -0.2) is 32.7 Å². The average molecular weight is 219 g/mol. The molecule has 1 unspecified atom stereocenters. The summed E-state index contributed by atoms with van der Waals surface area (Å²) in [5.41, 5.74) is 0. The Bertz CT molecular complexity index is 357. The second kappa shape index (κ2) is 4.59. The molecule has 1 N–H and O–H groups in total. The summed E-state index contributed by atoms with van der Waals surface area (Å²) < 4.78 is 32.7. The maximum atomic E-state index is 11.5. The number of hydrogen-bond donors (Lipinski definition) is 1. The number of aromatic amines is 1. The van der Waals surface area contributed by atoms with Gasteiger partial charge in [0.05, 0.1) is 0 Å². The Morgan fingerprint density at radius 2 is 2.29 bits per heavy atom. The minimum Gasteiger partial charge on any atom is -0.356 e. The number of sulfone groups is 1. The minimum atomic E-state index is -3.38. The molecule has 0 amide bonds. The van der Waals surface area contributed by atoms with Crippen molar-refractivity contribution >= 4 is 9.84 Å². The fourth-order valence-corrected chi connectivity index (χ4v) is 1.86. The summed E-state index contributed by atoms with van der Waals surface area (Å²) in [7, 11) is -1.93. The summed E-state index contributed by atoms with van der Waals surface area (Å²) in [5, 5.41) is 0.154. The normalized spacial score (nSPS) is 14.1. The lowest BCUT2D eigenvalue weighted by molar-refractivity contribution is -0.0952. The Labute approximate surface area is 83.0 Å². The van der Waals surface area contributed by atoms with E-state index in [0.717, 1.165) is 0 Å². The zero-order chi connectivity index (χ0) is 10.6. The molecule has 0 aromatic carbocycles. The van der Waals surface area contributed by atoms with Crippen LogP contribution in [0.25, 0.3) is 0 Å². The highest BCUT2D eigenvalue weighted by atomic mass is 32.2. The van der Waals surface area contributed by atoms with Crippen molar-refractivity contribution in [3.8, 4) is 0 Å². The molecule has 0 spiro atoms. The van der Waals surface area contributed by atoms with Crippen molar-refractivity contribution in [2.75, 3.05) is 13.0 Å². The van der Waals surface area contributed by atoms with E-state index in [1.807, 2.05) is 0 Å². The van der Waals surface area contributed by atoms with Crippen LogP contribution in [0.15, 0.2) is 23.4 Å². The van der Waals surface area contributed by atoms with Gasteiger partial charge in [-0.1, -0.05) is 0 Å². The summed E-state index contributed by atoms with van der Waals surface area (Å²) in [5.74, 6) is -0.386. The van der Waals surface area contributed by atoms with Gasteiger partial charge in [0.25, 0.3) is 0 Å². The van der Waals surface area contributed by atoms with Gasteiger partial charge in [0.15, 0.2) is 12.2 Å². The molecule has 1 atom stereocenters. The van der Waals surface area contributed by atoms with E-state index in [2.05, 4.69) is 4.98 Å². The molecule has 0 aliphatic carbocycles. The van der Waals surface area contributed by atoms with E-state index in [1.54, 1.807) is 19.2 Å². The fourth-order valence-electron chi connectivity index (χ4n) is 0.824. The van der Waals surface area contributed by atoms with Crippen LogP contribution in [0.1, 0.15) is 6.92 Å². The van der Waals surface area contributed by atoms with Crippen molar-refractivity contribution in [2.45, 2.75) is 18.2 Å². The van der Waals surface area contributed by atoms with E-state index in [9.17, 15) is 8.42 Å². The molecule has 1 aromatic heterocycles. The third-order valence-corrected chi connectivity index (χ3v) is 3.06. The number of rotatable bonds is 5. The number of nitrogens with one attached hydrogen (secondary N) is 1. The van der Waals surface area contributed by atoms with Gasteiger partial charge in [0.2, 0.25) is 9.84 Å². The van der Waals surface area contributed by atoms with Gasteiger partial charge in [0, 0.05) is 13.3 Å². The Balaban J connectivity index is 2.60. The molecule has 1 rings (SSSR count). The van der Waals surface area contributed by atoms with E-state index >= 15 is 0 Å². The van der Waals surface area contributed by atoms with Gasteiger partial charge in [-0.05, 0) is 19.1 Å². The molecule has 6 heteroatoms. The monoisotopic (exact) mass is 219 g/mol. The van der Waals surface area contributed by atoms with E-state index in [0.29, 0.717) is 0 Å². The molecule has 0 fully saturated rings. The van der Waals surface area contributed by atoms with Crippen LogP contribution in [0.4, 0.5) is 0 Å². The Morgan fingerprint density at radius 1 is 1.57 bits per heavy atom. The number of aromatic nitrogens is 1. The smallest absolute Gasteiger partial charge is 0.217 e. The van der Waals surface area contributed by atoms with Gasteiger partial charge in [-0.3, -0.25) is 0 Å². The molecule has 5 nitrogen and oxygen atoms in total. The Kier molecular flexibility index (Phi) is 3.68. The summed E-state index contributed by atoms with van der Waals surface area (Å²) >= 11 is 0. The first-order valence-corrected chi connectivity index (χ1v) is 5.72. The molecule has 14 heavy (non-hydrogen) atoms. The lowest BCUT2D eigenvalue weighted by atomic mass is 10.7. The SMILES string of the molecule is COC(C)OCS(=O)(=O)c1ccc[nH]1. The van der Waals surface area contributed by atoms with E-state index in [-0.39, 0.29) is 11.0 Å². The van der Waals surface area contributed by atoms with Gasteiger partial charge in [0.1, 0.15) is 5.03 Å². The molecule has 80 valence electrons. The molecule has 0 radical (unpaired) electrons. The van der Waals surface area contributed by atoms with Crippen LogP contribution in [0.3, 0.4) is 0 Å². The second-order valence-electron chi connectivity index (χ2n) is 2.74. The number of H-pyrrole nitrogens is 1. The molecule has 0 saturated heterocycles. The summed E-state index contributed by atoms with van der Waals surface area (Å²) in [6, 6.07) is 3.10. The molecular weight excluding hydrogens is 206 g/mol. The summed E-state index contributed by atoms with van der Waals surface area (Å²) in [6.45, 7) is 1.63. The number of hydrogen-bond acceptors (Lipinski definition) is 4. The van der Waals surface area contributed by atoms with Gasteiger partial charge in [-0.25, -0.2) is 8.42 Å². The molecule has 1 aromatic rings. The Hall–Kier alpha value is -0.850. The van der Waals surface area contributed by atoms with Crippen LogP contribution >= 0.6 is 0 Å². The third kappa shape index (κ3) is 2.83. The van der Waals surface area contributed by atoms with Crippen LogP contribution in [-0.2, 0) is 19.3 Å². The standard InChI is InChI=1S/C8H13NO4S/c1-7(12-2)13-6-14(10,11)8-4-3-5-9-8/h3-5,7,9H,6H2,1-2H3. The van der Waals surface area contributed by atoms with Crippen LogP contribution in [0.2, 0.25) is 0 Å². The fraction of sp³-hybridized carbons (Fsp3) is 0.500. The first kappa shape index (κ1) is 11.2. The largest absolute Gasteiger partial charge is 0.356 e. The molecule has 1 heterocycles. The molecule has 0 saturated carbocycles. The quantitative estimate of drug-likeness (QED) is 0.742.